The Kier molecular flexibility index (Phi) is 4.47. The quantitative estimate of drug-likeness (QED) is 0.820. The summed E-state index contributed by atoms with van der Waals surface area (Å²) in [6, 6.07) is 4.39. The summed E-state index contributed by atoms with van der Waals surface area (Å²) in [5.41, 5.74) is 2.40. The molecule has 2 aromatic heterocycles. The van der Waals surface area contributed by atoms with E-state index in [2.05, 4.69) is 56.2 Å². The van der Waals surface area contributed by atoms with E-state index in [4.69, 9.17) is 4.42 Å². The number of furan rings is 1. The van der Waals surface area contributed by atoms with Gasteiger partial charge in [0, 0.05) is 5.56 Å². The number of hydrogen-bond donors (Lipinski definition) is 1. The standard InChI is InChI=1S/C12H13Br2NOS/c1-3-15-11(8-4-7(2)16-6-8)9-5-10(13)17-12(9)14/h4-6,11,15H,3H2,1-2H3. The molecule has 17 heavy (non-hydrogen) atoms. The van der Waals surface area contributed by atoms with Crippen LogP contribution in [0.5, 0.6) is 0 Å². The topological polar surface area (TPSA) is 25.2 Å². The molecule has 0 aromatic carbocycles. The van der Waals surface area contributed by atoms with Crippen LogP contribution in [-0.4, -0.2) is 6.54 Å². The van der Waals surface area contributed by atoms with Gasteiger partial charge in [-0.3, -0.25) is 0 Å². The minimum atomic E-state index is 0.175. The molecule has 5 heteroatoms. The molecule has 2 aromatic rings. The van der Waals surface area contributed by atoms with Crippen molar-refractivity contribution in [3.8, 4) is 0 Å². The van der Waals surface area contributed by atoms with Crippen LogP contribution in [-0.2, 0) is 0 Å². The Bertz CT molecular complexity index is 506. The van der Waals surface area contributed by atoms with Gasteiger partial charge >= 0.3 is 0 Å². The molecule has 1 N–H and O–H groups in total. The van der Waals surface area contributed by atoms with Crippen molar-refractivity contribution in [3.63, 3.8) is 0 Å². The highest BCUT2D eigenvalue weighted by Gasteiger charge is 2.19. The van der Waals surface area contributed by atoms with Crippen molar-refractivity contribution in [1.29, 1.82) is 0 Å². The number of nitrogens with one attached hydrogen (secondary N) is 1. The zero-order valence-corrected chi connectivity index (χ0v) is 13.6. The minimum Gasteiger partial charge on any atom is -0.469 e. The lowest BCUT2D eigenvalue weighted by atomic mass is 10.0. The van der Waals surface area contributed by atoms with E-state index in [1.54, 1.807) is 11.3 Å². The van der Waals surface area contributed by atoms with Crippen molar-refractivity contribution < 1.29 is 4.42 Å². The maximum absolute atomic E-state index is 5.40. The molecule has 1 unspecified atom stereocenters. The fourth-order valence-corrected chi connectivity index (χ4v) is 4.68. The summed E-state index contributed by atoms with van der Waals surface area (Å²) >= 11 is 8.81. The van der Waals surface area contributed by atoms with E-state index < -0.39 is 0 Å². The Morgan fingerprint density at radius 2 is 2.18 bits per heavy atom. The van der Waals surface area contributed by atoms with Gasteiger partial charge in [-0.05, 0) is 63.0 Å². The molecular weight excluding hydrogens is 366 g/mol. The first-order valence-electron chi connectivity index (χ1n) is 5.35. The summed E-state index contributed by atoms with van der Waals surface area (Å²) in [6.45, 7) is 4.98. The van der Waals surface area contributed by atoms with Gasteiger partial charge < -0.3 is 9.73 Å². The molecule has 0 aliphatic rings. The monoisotopic (exact) mass is 377 g/mol. The van der Waals surface area contributed by atoms with Crippen LogP contribution in [0.3, 0.4) is 0 Å². The number of rotatable bonds is 4. The Morgan fingerprint density at radius 1 is 1.41 bits per heavy atom. The van der Waals surface area contributed by atoms with Gasteiger partial charge in [-0.2, -0.15) is 0 Å². The molecule has 92 valence electrons. The fraction of sp³-hybridized carbons (Fsp3) is 0.333. The summed E-state index contributed by atoms with van der Waals surface area (Å²) in [6.07, 6.45) is 1.82. The van der Waals surface area contributed by atoms with Crippen LogP contribution in [0.25, 0.3) is 0 Å². The van der Waals surface area contributed by atoms with Crippen LogP contribution in [0.1, 0.15) is 29.9 Å². The molecule has 0 saturated heterocycles. The first-order valence-corrected chi connectivity index (χ1v) is 7.75. The van der Waals surface area contributed by atoms with Gasteiger partial charge in [0.1, 0.15) is 5.76 Å². The minimum absolute atomic E-state index is 0.175. The lowest BCUT2D eigenvalue weighted by Gasteiger charge is -2.15. The first-order chi connectivity index (χ1) is 8.11. The van der Waals surface area contributed by atoms with Crippen LogP contribution in [0, 0.1) is 6.92 Å². The second-order valence-electron chi connectivity index (χ2n) is 3.76. The van der Waals surface area contributed by atoms with Gasteiger partial charge in [0.25, 0.3) is 0 Å². The normalized spacial score (nSPS) is 12.9. The molecule has 0 fully saturated rings. The maximum Gasteiger partial charge on any atom is 0.101 e. The van der Waals surface area contributed by atoms with Crippen LogP contribution >= 0.6 is 43.2 Å². The number of thiophene rings is 1. The average molecular weight is 379 g/mol. The lowest BCUT2D eigenvalue weighted by molar-refractivity contribution is 0.525. The average Bonchev–Trinajstić information content (AvgIpc) is 2.82. The van der Waals surface area contributed by atoms with Gasteiger partial charge in [0.15, 0.2) is 0 Å². The smallest absolute Gasteiger partial charge is 0.101 e. The first kappa shape index (κ1) is 13.3. The molecule has 0 bridgehead atoms. The van der Waals surface area contributed by atoms with Crippen molar-refractivity contribution in [3.05, 3.63) is 42.9 Å². The molecule has 0 aliphatic carbocycles. The van der Waals surface area contributed by atoms with E-state index in [-0.39, 0.29) is 6.04 Å². The van der Waals surface area contributed by atoms with E-state index in [1.165, 1.54) is 5.56 Å². The fourth-order valence-electron chi connectivity index (χ4n) is 1.78. The third-order valence-corrected chi connectivity index (χ3v) is 4.87. The third kappa shape index (κ3) is 3.02. The SMILES string of the molecule is CCNC(c1coc(C)c1)c1cc(Br)sc1Br. The number of halogens is 2. The molecule has 0 saturated carbocycles. The second kappa shape index (κ2) is 5.69. The maximum atomic E-state index is 5.40. The molecule has 0 amide bonds. The predicted octanol–water partition coefficient (Wildman–Crippen LogP) is 4.87. The summed E-state index contributed by atoms with van der Waals surface area (Å²) < 4.78 is 7.67. The largest absolute Gasteiger partial charge is 0.469 e. The van der Waals surface area contributed by atoms with E-state index in [1.807, 2.05) is 13.2 Å². The van der Waals surface area contributed by atoms with Crippen LogP contribution in [0.2, 0.25) is 0 Å². The molecule has 2 nitrogen and oxygen atoms in total. The summed E-state index contributed by atoms with van der Waals surface area (Å²) in [4.78, 5) is 0. The summed E-state index contributed by atoms with van der Waals surface area (Å²) in [5, 5.41) is 3.48. The Balaban J connectivity index is 2.38. The van der Waals surface area contributed by atoms with Gasteiger partial charge in [0.2, 0.25) is 0 Å². The molecular formula is C12H13Br2NOS. The summed E-state index contributed by atoms with van der Waals surface area (Å²) in [7, 11) is 0. The lowest BCUT2D eigenvalue weighted by Crippen LogP contribution is -2.21. The Labute approximate surface area is 122 Å². The highest BCUT2D eigenvalue weighted by atomic mass is 79.9. The van der Waals surface area contributed by atoms with Crippen molar-refractivity contribution in [2.45, 2.75) is 19.9 Å². The van der Waals surface area contributed by atoms with Gasteiger partial charge in [-0.15, -0.1) is 11.3 Å². The highest BCUT2D eigenvalue weighted by molar-refractivity contribution is 9.12. The molecule has 0 aliphatic heterocycles. The third-order valence-electron chi connectivity index (χ3n) is 2.49. The van der Waals surface area contributed by atoms with E-state index in [0.717, 1.165) is 25.4 Å². The zero-order chi connectivity index (χ0) is 12.4. The van der Waals surface area contributed by atoms with Gasteiger partial charge in [0.05, 0.1) is 19.9 Å². The van der Waals surface area contributed by atoms with Crippen LogP contribution in [0.4, 0.5) is 0 Å². The Morgan fingerprint density at radius 3 is 2.65 bits per heavy atom. The summed E-state index contributed by atoms with van der Waals surface area (Å²) in [5.74, 6) is 0.938. The number of hydrogen-bond acceptors (Lipinski definition) is 3. The predicted molar refractivity (Wildman–Crippen MR) is 78.7 cm³/mol. The van der Waals surface area contributed by atoms with E-state index in [0.29, 0.717) is 0 Å². The van der Waals surface area contributed by atoms with Crippen molar-refractivity contribution in [2.24, 2.45) is 0 Å². The van der Waals surface area contributed by atoms with Crippen molar-refractivity contribution in [1.82, 2.24) is 5.32 Å². The van der Waals surface area contributed by atoms with Crippen LogP contribution < -0.4 is 5.32 Å². The molecule has 0 radical (unpaired) electrons. The van der Waals surface area contributed by atoms with E-state index in [9.17, 15) is 0 Å². The highest BCUT2D eigenvalue weighted by Crippen LogP contribution is 2.38. The molecule has 2 heterocycles. The number of aryl methyl sites for hydroxylation is 1. The zero-order valence-electron chi connectivity index (χ0n) is 9.59. The second-order valence-corrected chi connectivity index (χ2v) is 7.51. The Hall–Kier alpha value is -0.100. The van der Waals surface area contributed by atoms with Gasteiger partial charge in [-0.25, -0.2) is 0 Å². The van der Waals surface area contributed by atoms with Crippen LogP contribution in [0.15, 0.2) is 30.4 Å². The van der Waals surface area contributed by atoms with Crippen molar-refractivity contribution in [2.75, 3.05) is 6.54 Å². The molecule has 1 atom stereocenters. The van der Waals surface area contributed by atoms with Crippen molar-refractivity contribution >= 4 is 43.2 Å². The molecule has 0 spiro atoms. The molecule has 2 rings (SSSR count). The van der Waals surface area contributed by atoms with E-state index >= 15 is 0 Å². The van der Waals surface area contributed by atoms with Gasteiger partial charge in [-0.1, -0.05) is 6.92 Å².